The van der Waals surface area contributed by atoms with Crippen molar-refractivity contribution in [3.8, 4) is 5.75 Å². The van der Waals surface area contributed by atoms with Crippen molar-refractivity contribution in [3.05, 3.63) is 29.8 Å². The minimum atomic E-state index is -0.874. The van der Waals surface area contributed by atoms with Gasteiger partial charge in [-0.1, -0.05) is 13.8 Å². The minimum absolute atomic E-state index is 0.104. The Bertz CT molecular complexity index is 393. The van der Waals surface area contributed by atoms with Crippen molar-refractivity contribution in [2.75, 3.05) is 13.7 Å². The number of aliphatic hydroxyl groups is 1. The molecular weight excluding hydrogens is 232 g/mol. The lowest BCUT2D eigenvalue weighted by molar-refractivity contribution is -0.0266. The molecule has 0 heterocycles. The molecule has 1 N–H and O–H groups in total. The number of hydrogen-bond acceptors (Lipinski definition) is 4. The smallest absolute Gasteiger partial charge is 0.337 e. The highest BCUT2D eigenvalue weighted by molar-refractivity contribution is 5.89. The summed E-state index contributed by atoms with van der Waals surface area (Å²) < 4.78 is 10.1. The van der Waals surface area contributed by atoms with Gasteiger partial charge in [-0.05, 0) is 37.1 Å². The van der Waals surface area contributed by atoms with Crippen molar-refractivity contribution < 1.29 is 19.4 Å². The van der Waals surface area contributed by atoms with Gasteiger partial charge in [0.05, 0.1) is 18.3 Å². The Kier molecular flexibility index (Phi) is 4.73. The highest BCUT2D eigenvalue weighted by Gasteiger charge is 2.25. The first-order valence-corrected chi connectivity index (χ1v) is 5.90. The van der Waals surface area contributed by atoms with Crippen LogP contribution in [0.3, 0.4) is 0 Å². The van der Waals surface area contributed by atoms with Crippen LogP contribution in [0, 0.1) is 5.92 Å². The van der Waals surface area contributed by atoms with Gasteiger partial charge < -0.3 is 14.6 Å². The third-order valence-corrected chi connectivity index (χ3v) is 3.05. The summed E-state index contributed by atoms with van der Waals surface area (Å²) in [6, 6.07) is 6.63. The molecule has 0 saturated carbocycles. The van der Waals surface area contributed by atoms with Crippen LogP contribution in [0.4, 0.5) is 0 Å². The summed E-state index contributed by atoms with van der Waals surface area (Å²) >= 11 is 0. The molecule has 0 fully saturated rings. The fourth-order valence-corrected chi connectivity index (χ4v) is 1.20. The molecule has 18 heavy (non-hydrogen) atoms. The van der Waals surface area contributed by atoms with Gasteiger partial charge in [0.1, 0.15) is 12.4 Å². The first-order valence-electron chi connectivity index (χ1n) is 5.90. The Balaban J connectivity index is 2.62. The monoisotopic (exact) mass is 252 g/mol. The first kappa shape index (κ1) is 14.5. The predicted molar refractivity (Wildman–Crippen MR) is 68.7 cm³/mol. The summed E-state index contributed by atoms with van der Waals surface area (Å²) in [7, 11) is 1.34. The molecule has 0 saturated heterocycles. The minimum Gasteiger partial charge on any atom is -0.491 e. The molecule has 1 unspecified atom stereocenters. The Morgan fingerprint density at radius 2 is 1.89 bits per heavy atom. The van der Waals surface area contributed by atoms with Crippen LogP contribution in [0.5, 0.6) is 5.75 Å². The van der Waals surface area contributed by atoms with Crippen LogP contribution in [0.25, 0.3) is 0 Å². The number of carbonyl (C=O) groups excluding carboxylic acids is 1. The third-order valence-electron chi connectivity index (χ3n) is 3.05. The largest absolute Gasteiger partial charge is 0.491 e. The van der Waals surface area contributed by atoms with E-state index in [1.807, 2.05) is 13.8 Å². The number of methoxy groups -OCH3 is 1. The molecule has 0 bridgehead atoms. The van der Waals surface area contributed by atoms with Gasteiger partial charge in [0.15, 0.2) is 0 Å². The summed E-state index contributed by atoms with van der Waals surface area (Å²) in [4.78, 5) is 11.2. The SMILES string of the molecule is COC(=O)c1ccc(OCC(C)(O)C(C)C)cc1. The van der Waals surface area contributed by atoms with Crippen LogP contribution in [0.1, 0.15) is 31.1 Å². The second-order valence-corrected chi connectivity index (χ2v) is 4.82. The number of carbonyl (C=O) groups is 1. The fraction of sp³-hybridized carbons (Fsp3) is 0.500. The molecule has 1 rings (SSSR count). The molecule has 0 aliphatic heterocycles. The lowest BCUT2D eigenvalue weighted by Gasteiger charge is -2.27. The van der Waals surface area contributed by atoms with E-state index in [9.17, 15) is 9.90 Å². The van der Waals surface area contributed by atoms with E-state index in [0.717, 1.165) is 0 Å². The highest BCUT2D eigenvalue weighted by atomic mass is 16.5. The molecule has 0 spiro atoms. The van der Waals surface area contributed by atoms with E-state index in [-0.39, 0.29) is 18.5 Å². The lowest BCUT2D eigenvalue weighted by Crippen LogP contribution is -2.37. The van der Waals surface area contributed by atoms with Crippen molar-refractivity contribution in [2.45, 2.75) is 26.4 Å². The van der Waals surface area contributed by atoms with Gasteiger partial charge in [-0.15, -0.1) is 0 Å². The van der Waals surface area contributed by atoms with Crippen molar-refractivity contribution in [3.63, 3.8) is 0 Å². The molecule has 0 aromatic heterocycles. The summed E-state index contributed by atoms with van der Waals surface area (Å²) in [6.45, 7) is 5.82. The Morgan fingerprint density at radius 3 is 2.33 bits per heavy atom. The molecule has 1 atom stereocenters. The van der Waals surface area contributed by atoms with E-state index in [4.69, 9.17) is 4.74 Å². The molecule has 1 aromatic carbocycles. The summed E-state index contributed by atoms with van der Waals surface area (Å²) in [5.74, 6) is 0.339. The van der Waals surface area contributed by atoms with E-state index in [0.29, 0.717) is 11.3 Å². The molecule has 0 radical (unpaired) electrons. The summed E-state index contributed by atoms with van der Waals surface area (Å²) in [6.07, 6.45) is 0. The third kappa shape index (κ3) is 3.74. The quantitative estimate of drug-likeness (QED) is 0.817. The Morgan fingerprint density at radius 1 is 1.33 bits per heavy atom. The van der Waals surface area contributed by atoms with Crippen LogP contribution in [0.2, 0.25) is 0 Å². The number of rotatable bonds is 5. The summed E-state index contributed by atoms with van der Waals surface area (Å²) in [5.41, 5.74) is -0.401. The normalized spacial score (nSPS) is 14.1. The van der Waals surface area contributed by atoms with Gasteiger partial charge in [-0.25, -0.2) is 4.79 Å². The summed E-state index contributed by atoms with van der Waals surface area (Å²) in [5, 5.41) is 10.0. The Hall–Kier alpha value is -1.55. The fourth-order valence-electron chi connectivity index (χ4n) is 1.20. The number of benzene rings is 1. The van der Waals surface area contributed by atoms with Gasteiger partial charge in [-0.3, -0.25) is 0 Å². The zero-order chi connectivity index (χ0) is 13.8. The van der Waals surface area contributed by atoms with E-state index in [2.05, 4.69) is 4.74 Å². The van der Waals surface area contributed by atoms with E-state index in [1.54, 1.807) is 31.2 Å². The van der Waals surface area contributed by atoms with Crippen molar-refractivity contribution >= 4 is 5.97 Å². The topological polar surface area (TPSA) is 55.8 Å². The average Bonchev–Trinajstić information content (AvgIpc) is 2.36. The lowest BCUT2D eigenvalue weighted by atomic mass is 9.94. The predicted octanol–water partition coefficient (Wildman–Crippen LogP) is 2.26. The molecule has 4 heteroatoms. The van der Waals surface area contributed by atoms with Gasteiger partial charge >= 0.3 is 5.97 Å². The van der Waals surface area contributed by atoms with E-state index < -0.39 is 5.60 Å². The van der Waals surface area contributed by atoms with Crippen LogP contribution >= 0.6 is 0 Å². The van der Waals surface area contributed by atoms with Crippen LogP contribution in [0.15, 0.2) is 24.3 Å². The standard InChI is InChI=1S/C14H20O4/c1-10(2)14(3,16)9-18-12-7-5-11(6-8-12)13(15)17-4/h5-8,10,16H,9H2,1-4H3. The maximum Gasteiger partial charge on any atom is 0.337 e. The van der Waals surface area contributed by atoms with Gasteiger partial charge in [-0.2, -0.15) is 0 Å². The van der Waals surface area contributed by atoms with E-state index >= 15 is 0 Å². The van der Waals surface area contributed by atoms with Crippen molar-refractivity contribution in [1.29, 1.82) is 0 Å². The zero-order valence-corrected chi connectivity index (χ0v) is 11.3. The second kappa shape index (κ2) is 5.87. The Labute approximate surface area is 108 Å². The molecule has 100 valence electrons. The number of esters is 1. The van der Waals surface area contributed by atoms with Crippen molar-refractivity contribution in [2.24, 2.45) is 5.92 Å². The zero-order valence-electron chi connectivity index (χ0n) is 11.3. The van der Waals surface area contributed by atoms with Gasteiger partial charge in [0.2, 0.25) is 0 Å². The molecule has 0 aliphatic rings. The second-order valence-electron chi connectivity index (χ2n) is 4.82. The maximum atomic E-state index is 11.2. The van der Waals surface area contributed by atoms with Crippen molar-refractivity contribution in [1.82, 2.24) is 0 Å². The van der Waals surface area contributed by atoms with Gasteiger partial charge in [0, 0.05) is 0 Å². The molecule has 1 aromatic rings. The molecule has 4 nitrogen and oxygen atoms in total. The highest BCUT2D eigenvalue weighted by Crippen LogP contribution is 2.19. The average molecular weight is 252 g/mol. The number of hydrogen-bond donors (Lipinski definition) is 1. The molecule has 0 amide bonds. The van der Waals surface area contributed by atoms with Crippen LogP contribution in [-0.2, 0) is 4.74 Å². The van der Waals surface area contributed by atoms with Gasteiger partial charge in [0.25, 0.3) is 0 Å². The maximum absolute atomic E-state index is 11.2. The van der Waals surface area contributed by atoms with Crippen LogP contribution < -0.4 is 4.74 Å². The first-order chi connectivity index (χ1) is 8.36. The van der Waals surface area contributed by atoms with E-state index in [1.165, 1.54) is 7.11 Å². The molecular formula is C14H20O4. The molecule has 0 aliphatic carbocycles. The van der Waals surface area contributed by atoms with Crippen LogP contribution in [-0.4, -0.2) is 30.4 Å². The number of ether oxygens (including phenoxy) is 2.